The fourth-order valence-electron chi connectivity index (χ4n) is 3.77. The molecule has 3 heteroatoms. The number of benzene rings is 2. The van der Waals surface area contributed by atoms with E-state index >= 15 is 0 Å². The van der Waals surface area contributed by atoms with E-state index in [0.717, 1.165) is 5.69 Å². The molecule has 0 aliphatic carbocycles. The van der Waals surface area contributed by atoms with Crippen LogP contribution in [0.1, 0.15) is 34.0 Å². The lowest BCUT2D eigenvalue weighted by molar-refractivity contribution is 0.927. The molecule has 0 spiro atoms. The van der Waals surface area contributed by atoms with Crippen molar-refractivity contribution < 1.29 is 0 Å². The van der Waals surface area contributed by atoms with Gasteiger partial charge in [0.2, 0.25) is 0 Å². The van der Waals surface area contributed by atoms with Crippen LogP contribution in [0.25, 0.3) is 10.9 Å². The van der Waals surface area contributed by atoms with Gasteiger partial charge < -0.3 is 10.3 Å². The zero-order chi connectivity index (χ0) is 18.1. The number of para-hydroxylation sites is 1. The minimum atomic E-state index is 0.0512. The zero-order valence-electron chi connectivity index (χ0n) is 15.4. The van der Waals surface area contributed by atoms with Crippen molar-refractivity contribution in [3.63, 3.8) is 0 Å². The maximum atomic E-state index is 4.19. The van der Waals surface area contributed by atoms with Crippen LogP contribution in [0.5, 0.6) is 0 Å². The number of hydrogen-bond donors (Lipinski definition) is 2. The first-order valence-electron chi connectivity index (χ1n) is 8.94. The molecule has 2 aromatic carbocycles. The quantitative estimate of drug-likeness (QED) is 0.500. The lowest BCUT2D eigenvalue weighted by Crippen LogP contribution is -2.13. The summed E-state index contributed by atoms with van der Waals surface area (Å²) in [6, 6.07) is 19.3. The molecular weight excluding hydrogens is 318 g/mol. The van der Waals surface area contributed by atoms with Gasteiger partial charge in [0.25, 0.3) is 0 Å². The van der Waals surface area contributed by atoms with Crippen molar-refractivity contribution in [3.8, 4) is 0 Å². The summed E-state index contributed by atoms with van der Waals surface area (Å²) in [6.45, 7) is 6.42. The first kappa shape index (κ1) is 16.4. The molecule has 3 nitrogen and oxygen atoms in total. The van der Waals surface area contributed by atoms with Crippen LogP contribution in [0.4, 0.5) is 5.69 Å². The second-order valence-electron chi connectivity index (χ2n) is 6.94. The van der Waals surface area contributed by atoms with E-state index < -0.39 is 0 Å². The normalized spacial score (nSPS) is 12.3. The van der Waals surface area contributed by atoms with Gasteiger partial charge in [-0.3, -0.25) is 4.98 Å². The SMILES string of the molecule is Cc1cc(C)cc(NC(c2ccncc2)c2c(C)[nH]c3ccccc23)c1. The van der Waals surface area contributed by atoms with Crippen molar-refractivity contribution in [3.05, 3.63) is 94.9 Å². The van der Waals surface area contributed by atoms with Crippen molar-refractivity contribution >= 4 is 16.6 Å². The first-order valence-corrected chi connectivity index (χ1v) is 8.94. The number of anilines is 1. The van der Waals surface area contributed by atoms with Crippen molar-refractivity contribution in [2.45, 2.75) is 26.8 Å². The standard InChI is InChI=1S/C23H23N3/c1-15-12-16(2)14-19(13-15)26-23(18-8-10-24-11-9-18)22-17(3)25-21-7-5-4-6-20(21)22/h4-14,23,25-26H,1-3H3. The van der Waals surface area contributed by atoms with Crippen molar-refractivity contribution in [1.29, 1.82) is 0 Å². The van der Waals surface area contributed by atoms with Crippen LogP contribution in [-0.2, 0) is 0 Å². The van der Waals surface area contributed by atoms with Crippen LogP contribution >= 0.6 is 0 Å². The molecule has 1 atom stereocenters. The number of hydrogen-bond acceptors (Lipinski definition) is 2. The fraction of sp³-hybridized carbons (Fsp3) is 0.174. The van der Waals surface area contributed by atoms with E-state index in [4.69, 9.17) is 0 Å². The number of pyridine rings is 1. The lowest BCUT2D eigenvalue weighted by atomic mass is 9.96. The Bertz CT molecular complexity index is 1030. The van der Waals surface area contributed by atoms with Crippen molar-refractivity contribution in [2.24, 2.45) is 0 Å². The number of nitrogens with one attached hydrogen (secondary N) is 2. The molecule has 4 aromatic rings. The highest BCUT2D eigenvalue weighted by Gasteiger charge is 2.21. The average Bonchev–Trinajstić information content (AvgIpc) is 2.95. The molecule has 0 amide bonds. The average molecular weight is 341 g/mol. The summed E-state index contributed by atoms with van der Waals surface area (Å²) in [4.78, 5) is 7.72. The number of H-pyrrole nitrogens is 1. The Labute approximate surface area is 154 Å². The van der Waals surface area contributed by atoms with Crippen LogP contribution in [0.15, 0.2) is 67.0 Å². The second kappa shape index (κ2) is 6.68. The van der Waals surface area contributed by atoms with E-state index in [2.05, 4.69) is 90.7 Å². The van der Waals surface area contributed by atoms with Crippen molar-refractivity contribution in [2.75, 3.05) is 5.32 Å². The number of aryl methyl sites for hydroxylation is 3. The Balaban J connectivity index is 1.87. The highest BCUT2D eigenvalue weighted by molar-refractivity contribution is 5.86. The molecule has 1 unspecified atom stereocenters. The van der Waals surface area contributed by atoms with Crippen molar-refractivity contribution in [1.82, 2.24) is 9.97 Å². The van der Waals surface area contributed by atoms with Gasteiger partial charge in [0, 0.05) is 40.2 Å². The minimum Gasteiger partial charge on any atom is -0.374 e. The summed E-state index contributed by atoms with van der Waals surface area (Å²) in [5.41, 5.74) is 8.49. The second-order valence-corrected chi connectivity index (χ2v) is 6.94. The summed E-state index contributed by atoms with van der Waals surface area (Å²) >= 11 is 0. The maximum Gasteiger partial charge on any atom is 0.0792 e. The van der Waals surface area contributed by atoms with Gasteiger partial charge >= 0.3 is 0 Å². The van der Waals surface area contributed by atoms with E-state index in [-0.39, 0.29) is 6.04 Å². The van der Waals surface area contributed by atoms with Gasteiger partial charge in [-0.15, -0.1) is 0 Å². The number of aromatic amines is 1. The van der Waals surface area contributed by atoms with Gasteiger partial charge in [-0.2, -0.15) is 0 Å². The molecular formula is C23H23N3. The first-order chi connectivity index (χ1) is 12.6. The Hall–Kier alpha value is -3.07. The van der Waals surface area contributed by atoms with E-state index in [0.29, 0.717) is 0 Å². The molecule has 0 aliphatic heterocycles. The Morgan fingerprint density at radius 1 is 0.885 bits per heavy atom. The Kier molecular flexibility index (Phi) is 4.21. The predicted octanol–water partition coefficient (Wildman–Crippen LogP) is 5.69. The molecule has 130 valence electrons. The third kappa shape index (κ3) is 3.08. The monoisotopic (exact) mass is 341 g/mol. The largest absolute Gasteiger partial charge is 0.374 e. The van der Waals surface area contributed by atoms with Gasteiger partial charge in [-0.1, -0.05) is 24.3 Å². The molecule has 26 heavy (non-hydrogen) atoms. The summed E-state index contributed by atoms with van der Waals surface area (Å²) in [5.74, 6) is 0. The topological polar surface area (TPSA) is 40.7 Å². The number of fused-ring (bicyclic) bond motifs is 1. The fourth-order valence-corrected chi connectivity index (χ4v) is 3.77. The Morgan fingerprint density at radius 2 is 1.58 bits per heavy atom. The smallest absolute Gasteiger partial charge is 0.0792 e. The molecule has 4 rings (SSSR count). The highest BCUT2D eigenvalue weighted by Crippen LogP contribution is 2.34. The summed E-state index contributed by atoms with van der Waals surface area (Å²) in [5, 5.41) is 5.02. The molecule has 0 radical (unpaired) electrons. The van der Waals surface area contributed by atoms with Crippen LogP contribution in [0, 0.1) is 20.8 Å². The molecule has 0 saturated carbocycles. The number of nitrogens with zero attached hydrogens (tertiary/aromatic N) is 1. The number of aromatic nitrogens is 2. The van der Waals surface area contributed by atoms with E-state index in [1.807, 2.05) is 12.4 Å². The van der Waals surface area contributed by atoms with Crippen LogP contribution in [-0.4, -0.2) is 9.97 Å². The zero-order valence-corrected chi connectivity index (χ0v) is 15.4. The molecule has 0 aliphatic rings. The van der Waals surface area contributed by atoms with E-state index in [1.54, 1.807) is 0 Å². The number of rotatable bonds is 4. The van der Waals surface area contributed by atoms with E-state index in [1.165, 1.54) is 38.9 Å². The third-order valence-electron chi connectivity index (χ3n) is 4.80. The van der Waals surface area contributed by atoms with Gasteiger partial charge in [-0.25, -0.2) is 0 Å². The molecule has 2 aromatic heterocycles. The lowest BCUT2D eigenvalue weighted by Gasteiger charge is -2.22. The van der Waals surface area contributed by atoms with Gasteiger partial charge in [0.15, 0.2) is 0 Å². The Morgan fingerprint density at radius 3 is 2.31 bits per heavy atom. The maximum absolute atomic E-state index is 4.19. The molecule has 2 heterocycles. The van der Waals surface area contributed by atoms with Crippen LogP contribution < -0.4 is 5.32 Å². The summed E-state index contributed by atoms with van der Waals surface area (Å²) in [6.07, 6.45) is 3.71. The van der Waals surface area contributed by atoms with E-state index in [9.17, 15) is 0 Å². The molecule has 2 N–H and O–H groups in total. The summed E-state index contributed by atoms with van der Waals surface area (Å²) in [7, 11) is 0. The molecule has 0 saturated heterocycles. The predicted molar refractivity (Wildman–Crippen MR) is 109 cm³/mol. The summed E-state index contributed by atoms with van der Waals surface area (Å²) < 4.78 is 0. The molecule has 0 fully saturated rings. The van der Waals surface area contributed by atoms with Gasteiger partial charge in [0.05, 0.1) is 6.04 Å². The van der Waals surface area contributed by atoms with Gasteiger partial charge in [-0.05, 0) is 67.8 Å². The minimum absolute atomic E-state index is 0.0512. The van der Waals surface area contributed by atoms with Crippen LogP contribution in [0.3, 0.4) is 0 Å². The molecule has 0 bridgehead atoms. The van der Waals surface area contributed by atoms with Gasteiger partial charge in [0.1, 0.15) is 0 Å². The third-order valence-corrected chi connectivity index (χ3v) is 4.80. The van der Waals surface area contributed by atoms with Crippen LogP contribution in [0.2, 0.25) is 0 Å². The highest BCUT2D eigenvalue weighted by atomic mass is 14.9.